The van der Waals surface area contributed by atoms with Crippen LogP contribution in [0.2, 0.25) is 0 Å². The highest BCUT2D eigenvalue weighted by molar-refractivity contribution is 7.99. The van der Waals surface area contributed by atoms with Gasteiger partial charge in [-0.3, -0.25) is 9.59 Å². The van der Waals surface area contributed by atoms with Crippen molar-refractivity contribution >= 4 is 29.3 Å². The number of aromatic nitrogens is 3. The first kappa shape index (κ1) is 18.3. The van der Waals surface area contributed by atoms with Crippen molar-refractivity contribution in [2.45, 2.75) is 36.9 Å². The minimum absolute atomic E-state index is 0.0164. The van der Waals surface area contributed by atoms with Crippen molar-refractivity contribution < 1.29 is 18.4 Å². The summed E-state index contributed by atoms with van der Waals surface area (Å²) in [5, 5.41) is 11.2. The Labute approximate surface area is 152 Å². The number of nitrogens with zero attached hydrogens (tertiary/aromatic N) is 3. The molecule has 1 aromatic heterocycles. The van der Waals surface area contributed by atoms with Crippen molar-refractivity contribution in [2.75, 3.05) is 11.1 Å². The average Bonchev–Trinajstić information content (AvgIpc) is 3.30. The van der Waals surface area contributed by atoms with E-state index in [1.807, 2.05) is 4.57 Å². The van der Waals surface area contributed by atoms with Gasteiger partial charge in [0.25, 0.3) is 0 Å². The maximum Gasteiger partial charge on any atom is 0.234 e. The normalized spacial score (nSPS) is 13.6. The molecule has 0 unspecified atom stereocenters. The van der Waals surface area contributed by atoms with E-state index in [9.17, 15) is 18.4 Å². The van der Waals surface area contributed by atoms with Crippen LogP contribution in [0.1, 0.15) is 31.0 Å². The molecular formula is C16H17F2N5O2S. The van der Waals surface area contributed by atoms with Crippen LogP contribution in [-0.4, -0.2) is 32.3 Å². The number of primary amides is 1. The van der Waals surface area contributed by atoms with Gasteiger partial charge in [0.15, 0.2) is 5.16 Å². The number of carbonyl (C=O) groups is 2. The number of rotatable bonds is 8. The topological polar surface area (TPSA) is 103 Å². The Balaban J connectivity index is 1.63. The SMILES string of the molecule is NC(=O)CCn1c(SCC(=O)Nc2cc(F)cc(F)c2)nnc1C1CC1. The summed E-state index contributed by atoms with van der Waals surface area (Å²) in [5.74, 6) is -1.30. The number of nitrogens with one attached hydrogen (secondary N) is 1. The van der Waals surface area contributed by atoms with Gasteiger partial charge in [-0.05, 0) is 25.0 Å². The zero-order chi connectivity index (χ0) is 18.7. The van der Waals surface area contributed by atoms with E-state index in [0.717, 1.165) is 48.6 Å². The van der Waals surface area contributed by atoms with E-state index >= 15 is 0 Å². The number of hydrogen-bond acceptors (Lipinski definition) is 5. The lowest BCUT2D eigenvalue weighted by atomic mass is 10.3. The highest BCUT2D eigenvalue weighted by atomic mass is 32.2. The van der Waals surface area contributed by atoms with Crippen LogP contribution in [0.5, 0.6) is 0 Å². The van der Waals surface area contributed by atoms with Crippen molar-refractivity contribution in [3.63, 3.8) is 0 Å². The molecule has 3 rings (SSSR count). The number of nitrogens with two attached hydrogens (primary N) is 1. The molecule has 26 heavy (non-hydrogen) atoms. The molecule has 1 aliphatic carbocycles. The predicted octanol–water partition coefficient (Wildman–Crippen LogP) is 2.04. The van der Waals surface area contributed by atoms with Gasteiger partial charge in [0.05, 0.1) is 5.75 Å². The molecule has 0 aliphatic heterocycles. The van der Waals surface area contributed by atoms with Gasteiger partial charge in [0.2, 0.25) is 11.8 Å². The summed E-state index contributed by atoms with van der Waals surface area (Å²) in [6.45, 7) is 0.354. The molecule has 1 saturated carbocycles. The summed E-state index contributed by atoms with van der Waals surface area (Å²) in [7, 11) is 0. The second kappa shape index (κ2) is 7.81. The van der Waals surface area contributed by atoms with Gasteiger partial charge in [-0.1, -0.05) is 11.8 Å². The molecule has 3 N–H and O–H groups in total. The zero-order valence-electron chi connectivity index (χ0n) is 13.7. The first-order valence-corrected chi connectivity index (χ1v) is 9.01. The highest BCUT2D eigenvalue weighted by Crippen LogP contribution is 2.40. The van der Waals surface area contributed by atoms with E-state index in [0.29, 0.717) is 17.6 Å². The molecule has 2 aromatic rings. The maximum absolute atomic E-state index is 13.2. The summed E-state index contributed by atoms with van der Waals surface area (Å²) in [4.78, 5) is 23.1. The van der Waals surface area contributed by atoms with E-state index in [1.54, 1.807) is 0 Å². The third-order valence-electron chi connectivity index (χ3n) is 3.75. The minimum Gasteiger partial charge on any atom is -0.370 e. The van der Waals surface area contributed by atoms with Gasteiger partial charge < -0.3 is 15.6 Å². The second-order valence-electron chi connectivity index (χ2n) is 5.98. The van der Waals surface area contributed by atoms with Crippen LogP contribution in [0.15, 0.2) is 23.4 Å². The van der Waals surface area contributed by atoms with Gasteiger partial charge in [0, 0.05) is 30.6 Å². The highest BCUT2D eigenvalue weighted by Gasteiger charge is 2.30. The number of amides is 2. The number of anilines is 1. The molecule has 138 valence electrons. The molecule has 0 atom stereocenters. The summed E-state index contributed by atoms with van der Waals surface area (Å²) >= 11 is 1.14. The third kappa shape index (κ3) is 4.78. The Bertz CT molecular complexity index is 818. The monoisotopic (exact) mass is 381 g/mol. The van der Waals surface area contributed by atoms with Crippen molar-refractivity contribution in [3.8, 4) is 0 Å². The van der Waals surface area contributed by atoms with Crippen LogP contribution in [0.25, 0.3) is 0 Å². The van der Waals surface area contributed by atoms with Gasteiger partial charge >= 0.3 is 0 Å². The lowest BCUT2D eigenvalue weighted by Crippen LogP contribution is -2.17. The Kier molecular flexibility index (Phi) is 5.50. The number of thioether (sulfide) groups is 1. The second-order valence-corrected chi connectivity index (χ2v) is 6.92. The van der Waals surface area contributed by atoms with Gasteiger partial charge in [-0.15, -0.1) is 10.2 Å². The molecule has 1 fully saturated rings. The molecule has 2 amide bonds. The summed E-state index contributed by atoms with van der Waals surface area (Å²) in [6, 6.07) is 2.80. The summed E-state index contributed by atoms with van der Waals surface area (Å²) in [5.41, 5.74) is 5.25. The van der Waals surface area contributed by atoms with Gasteiger partial charge in [-0.2, -0.15) is 0 Å². The van der Waals surface area contributed by atoms with Crippen molar-refractivity contribution in [1.29, 1.82) is 0 Å². The average molecular weight is 381 g/mol. The van der Waals surface area contributed by atoms with Gasteiger partial charge in [-0.25, -0.2) is 8.78 Å². The molecule has 0 saturated heterocycles. The Morgan fingerprint density at radius 2 is 1.92 bits per heavy atom. The largest absolute Gasteiger partial charge is 0.370 e. The molecule has 0 bridgehead atoms. The van der Waals surface area contributed by atoms with Crippen molar-refractivity contribution in [1.82, 2.24) is 14.8 Å². The quantitative estimate of drug-likeness (QED) is 0.681. The Morgan fingerprint density at radius 1 is 1.23 bits per heavy atom. The fourth-order valence-corrected chi connectivity index (χ4v) is 3.21. The molecule has 1 aromatic carbocycles. The Morgan fingerprint density at radius 3 is 2.54 bits per heavy atom. The first-order valence-electron chi connectivity index (χ1n) is 8.02. The van der Waals surface area contributed by atoms with Crippen molar-refractivity contribution in [3.05, 3.63) is 35.7 Å². The van der Waals surface area contributed by atoms with Gasteiger partial charge in [0.1, 0.15) is 17.5 Å². The maximum atomic E-state index is 13.2. The summed E-state index contributed by atoms with van der Waals surface area (Å²) in [6.07, 6.45) is 2.19. The van der Waals surface area contributed by atoms with Crippen LogP contribution < -0.4 is 11.1 Å². The molecule has 7 nitrogen and oxygen atoms in total. The van der Waals surface area contributed by atoms with Crippen LogP contribution in [0, 0.1) is 11.6 Å². The molecule has 1 aliphatic rings. The number of carbonyl (C=O) groups excluding carboxylic acids is 2. The van der Waals surface area contributed by atoms with Crippen LogP contribution >= 0.6 is 11.8 Å². The van der Waals surface area contributed by atoms with E-state index in [2.05, 4.69) is 15.5 Å². The van der Waals surface area contributed by atoms with E-state index in [4.69, 9.17) is 5.73 Å². The Hall–Kier alpha value is -2.49. The fraction of sp³-hybridized carbons (Fsp3) is 0.375. The predicted molar refractivity (Wildman–Crippen MR) is 91.5 cm³/mol. The number of halogens is 2. The first-order chi connectivity index (χ1) is 12.4. The van der Waals surface area contributed by atoms with E-state index < -0.39 is 23.4 Å². The number of benzene rings is 1. The standard InChI is InChI=1S/C16H17F2N5O2S/c17-10-5-11(18)7-12(6-10)20-14(25)8-26-16-22-21-15(9-1-2-9)23(16)4-3-13(19)24/h5-7,9H,1-4,8H2,(H2,19,24)(H,20,25). The number of hydrogen-bond donors (Lipinski definition) is 2. The lowest BCUT2D eigenvalue weighted by molar-refractivity contribution is -0.118. The lowest BCUT2D eigenvalue weighted by Gasteiger charge is -2.09. The zero-order valence-corrected chi connectivity index (χ0v) is 14.6. The van der Waals surface area contributed by atoms with E-state index in [1.165, 1.54) is 0 Å². The molecular weight excluding hydrogens is 364 g/mol. The third-order valence-corrected chi connectivity index (χ3v) is 4.72. The molecule has 0 radical (unpaired) electrons. The minimum atomic E-state index is -0.770. The molecule has 1 heterocycles. The summed E-state index contributed by atoms with van der Waals surface area (Å²) < 4.78 is 28.1. The fourth-order valence-electron chi connectivity index (χ4n) is 2.44. The van der Waals surface area contributed by atoms with Crippen LogP contribution in [-0.2, 0) is 16.1 Å². The molecule has 10 heteroatoms. The molecule has 0 spiro atoms. The van der Waals surface area contributed by atoms with Crippen molar-refractivity contribution in [2.24, 2.45) is 5.73 Å². The smallest absolute Gasteiger partial charge is 0.234 e. The van der Waals surface area contributed by atoms with Crippen LogP contribution in [0.3, 0.4) is 0 Å². The van der Waals surface area contributed by atoms with Crippen LogP contribution in [0.4, 0.5) is 14.5 Å². The van der Waals surface area contributed by atoms with E-state index in [-0.39, 0.29) is 17.9 Å².